The van der Waals surface area contributed by atoms with E-state index < -0.39 is 17.8 Å². The first kappa shape index (κ1) is 28.4. The van der Waals surface area contributed by atoms with Crippen molar-refractivity contribution < 1.29 is 28.6 Å². The molecular formula is C33H27ClN2O6. The lowest BCUT2D eigenvalue weighted by Gasteiger charge is -2.27. The molecular weight excluding hydrogens is 556 g/mol. The van der Waals surface area contributed by atoms with Gasteiger partial charge >= 0.3 is 6.03 Å². The van der Waals surface area contributed by atoms with Gasteiger partial charge in [-0.25, -0.2) is 9.69 Å². The topological polar surface area (TPSA) is 94.2 Å². The molecule has 5 rings (SSSR count). The second-order valence-electron chi connectivity index (χ2n) is 9.43. The Labute approximate surface area is 248 Å². The van der Waals surface area contributed by atoms with Gasteiger partial charge in [0.1, 0.15) is 24.5 Å². The monoisotopic (exact) mass is 582 g/mol. The number of carbonyl (C=O) groups excluding carboxylic acids is 3. The molecule has 0 radical (unpaired) electrons. The zero-order valence-electron chi connectivity index (χ0n) is 22.9. The highest BCUT2D eigenvalue weighted by molar-refractivity contribution is 6.40. The molecule has 0 aliphatic carbocycles. The lowest BCUT2D eigenvalue weighted by molar-refractivity contribution is -0.122. The quantitative estimate of drug-likeness (QED) is 0.179. The zero-order valence-corrected chi connectivity index (χ0v) is 23.7. The number of barbiturate groups is 1. The van der Waals surface area contributed by atoms with Crippen molar-refractivity contribution in [2.24, 2.45) is 0 Å². The number of urea groups is 1. The Morgan fingerprint density at radius 2 is 1.50 bits per heavy atom. The Balaban J connectivity index is 1.35. The molecule has 0 atom stereocenters. The van der Waals surface area contributed by atoms with E-state index in [1.54, 1.807) is 56.5 Å². The number of halogens is 1. The van der Waals surface area contributed by atoms with Crippen LogP contribution >= 0.6 is 11.6 Å². The number of hydrogen-bond acceptors (Lipinski definition) is 6. The van der Waals surface area contributed by atoms with Gasteiger partial charge in [-0.2, -0.15) is 0 Å². The fourth-order valence-electron chi connectivity index (χ4n) is 4.42. The predicted molar refractivity (Wildman–Crippen MR) is 160 cm³/mol. The highest BCUT2D eigenvalue weighted by Crippen LogP contribution is 2.32. The summed E-state index contributed by atoms with van der Waals surface area (Å²) in [4.78, 5) is 39.7. The van der Waals surface area contributed by atoms with Crippen molar-refractivity contribution in [3.63, 3.8) is 0 Å². The zero-order chi connectivity index (χ0) is 29.6. The molecule has 0 bridgehead atoms. The summed E-state index contributed by atoms with van der Waals surface area (Å²) in [6, 6.07) is 26.4. The maximum Gasteiger partial charge on any atom is 0.335 e. The second kappa shape index (κ2) is 12.6. The maximum atomic E-state index is 13.4. The number of carbonyl (C=O) groups is 3. The van der Waals surface area contributed by atoms with Gasteiger partial charge in [0.05, 0.1) is 12.8 Å². The minimum absolute atomic E-state index is 0.183. The van der Waals surface area contributed by atoms with Gasteiger partial charge in [-0.15, -0.1) is 0 Å². The van der Waals surface area contributed by atoms with Crippen molar-refractivity contribution in [2.75, 3.05) is 12.0 Å². The Kier molecular flexibility index (Phi) is 8.55. The molecule has 1 aliphatic heterocycles. The van der Waals surface area contributed by atoms with Crippen molar-refractivity contribution in [1.29, 1.82) is 0 Å². The fourth-order valence-corrected chi connectivity index (χ4v) is 4.59. The average Bonchev–Trinajstić information content (AvgIpc) is 3.00. The molecule has 0 spiro atoms. The third-order valence-electron chi connectivity index (χ3n) is 6.66. The van der Waals surface area contributed by atoms with Gasteiger partial charge in [-0.05, 0) is 60.0 Å². The van der Waals surface area contributed by atoms with Crippen molar-refractivity contribution in [3.8, 4) is 17.2 Å². The van der Waals surface area contributed by atoms with Crippen molar-refractivity contribution in [3.05, 3.63) is 124 Å². The molecule has 42 heavy (non-hydrogen) atoms. The minimum Gasteiger partial charge on any atom is -0.493 e. The molecule has 4 amide bonds. The SMILES string of the molecule is COc1cc(COc2ccccc2/C=C2/C(=O)NC(=O)N(c3cccc(Cl)c3C)C2=O)ccc1OCc1ccccc1. The normalized spacial score (nSPS) is 14.1. The first-order valence-corrected chi connectivity index (χ1v) is 13.5. The first-order valence-electron chi connectivity index (χ1n) is 13.1. The van der Waals surface area contributed by atoms with Gasteiger partial charge in [-0.1, -0.05) is 72.3 Å². The fraction of sp³-hybridized carbons (Fsp3) is 0.121. The molecule has 1 fully saturated rings. The standard InChI is InChI=1S/C33H27ClN2O6/c1-21-26(34)12-8-13-27(21)36-32(38)25(31(37)35-33(36)39)18-24-11-6-7-14-28(24)41-20-23-15-16-29(30(17-23)40-2)42-19-22-9-4-3-5-10-22/h3-18H,19-20H2,1-2H3,(H,35,37,39)/b25-18-. The van der Waals surface area contributed by atoms with Gasteiger partial charge in [0, 0.05) is 10.6 Å². The lowest BCUT2D eigenvalue weighted by Crippen LogP contribution is -2.54. The molecule has 4 aromatic rings. The molecule has 4 aromatic carbocycles. The van der Waals surface area contributed by atoms with Crippen LogP contribution in [0.2, 0.25) is 5.02 Å². The van der Waals surface area contributed by atoms with Gasteiger partial charge in [0.2, 0.25) is 0 Å². The number of para-hydroxylation sites is 1. The number of ether oxygens (including phenoxy) is 3. The number of imide groups is 2. The Hall–Kier alpha value is -5.08. The number of amides is 4. The molecule has 212 valence electrons. The van der Waals surface area contributed by atoms with E-state index in [0.717, 1.165) is 16.0 Å². The maximum absolute atomic E-state index is 13.4. The predicted octanol–water partition coefficient (Wildman–Crippen LogP) is 6.48. The van der Waals surface area contributed by atoms with E-state index in [1.165, 1.54) is 6.08 Å². The number of methoxy groups -OCH3 is 1. The van der Waals surface area contributed by atoms with Crippen LogP contribution in [0.3, 0.4) is 0 Å². The van der Waals surface area contributed by atoms with Crippen LogP contribution in [0, 0.1) is 6.92 Å². The van der Waals surface area contributed by atoms with Crippen LogP contribution in [0.25, 0.3) is 6.08 Å². The highest BCUT2D eigenvalue weighted by Gasteiger charge is 2.37. The molecule has 1 saturated heterocycles. The Bertz CT molecular complexity index is 1690. The summed E-state index contributed by atoms with van der Waals surface area (Å²) >= 11 is 6.22. The summed E-state index contributed by atoms with van der Waals surface area (Å²) in [5.74, 6) is 0.0433. The van der Waals surface area contributed by atoms with E-state index in [4.69, 9.17) is 25.8 Å². The number of hydrogen-bond donors (Lipinski definition) is 1. The van der Waals surface area contributed by atoms with E-state index >= 15 is 0 Å². The van der Waals surface area contributed by atoms with Gasteiger partial charge in [0.25, 0.3) is 11.8 Å². The number of anilines is 1. The third kappa shape index (κ3) is 6.14. The van der Waals surface area contributed by atoms with E-state index in [-0.39, 0.29) is 17.9 Å². The third-order valence-corrected chi connectivity index (χ3v) is 7.07. The molecule has 1 aliphatic rings. The summed E-state index contributed by atoms with van der Waals surface area (Å²) < 4.78 is 17.6. The summed E-state index contributed by atoms with van der Waals surface area (Å²) in [6.45, 7) is 2.28. The summed E-state index contributed by atoms with van der Waals surface area (Å²) in [5, 5.41) is 2.63. The molecule has 1 N–H and O–H groups in total. The Morgan fingerprint density at radius 1 is 0.786 bits per heavy atom. The minimum atomic E-state index is -0.845. The summed E-state index contributed by atoms with van der Waals surface area (Å²) in [6.07, 6.45) is 1.41. The van der Waals surface area contributed by atoms with Crippen molar-refractivity contribution in [1.82, 2.24) is 5.32 Å². The number of nitrogens with zero attached hydrogens (tertiary/aromatic N) is 1. The van der Waals surface area contributed by atoms with Crippen LogP contribution in [-0.4, -0.2) is 25.0 Å². The molecule has 8 nitrogen and oxygen atoms in total. The second-order valence-corrected chi connectivity index (χ2v) is 9.84. The van der Waals surface area contributed by atoms with Crippen LogP contribution in [0.1, 0.15) is 22.3 Å². The van der Waals surface area contributed by atoms with E-state index in [2.05, 4.69) is 5.32 Å². The molecule has 9 heteroatoms. The van der Waals surface area contributed by atoms with Crippen LogP contribution < -0.4 is 24.4 Å². The molecule has 0 unspecified atom stereocenters. The molecule has 0 aromatic heterocycles. The van der Waals surface area contributed by atoms with Gasteiger partial charge in [0.15, 0.2) is 11.5 Å². The Morgan fingerprint density at radius 3 is 2.29 bits per heavy atom. The number of rotatable bonds is 9. The van der Waals surface area contributed by atoms with Crippen molar-refractivity contribution >= 4 is 41.2 Å². The molecule has 0 saturated carbocycles. The number of nitrogens with one attached hydrogen (secondary N) is 1. The average molecular weight is 583 g/mol. The van der Waals surface area contributed by atoms with E-state index in [0.29, 0.717) is 40.0 Å². The van der Waals surface area contributed by atoms with Gasteiger partial charge in [-0.3, -0.25) is 14.9 Å². The summed E-state index contributed by atoms with van der Waals surface area (Å²) in [7, 11) is 1.57. The van der Waals surface area contributed by atoms with E-state index in [1.807, 2.05) is 48.5 Å². The van der Waals surface area contributed by atoms with Crippen LogP contribution in [0.15, 0.2) is 96.6 Å². The highest BCUT2D eigenvalue weighted by atomic mass is 35.5. The lowest BCUT2D eigenvalue weighted by atomic mass is 10.0. The van der Waals surface area contributed by atoms with Crippen LogP contribution in [0.4, 0.5) is 10.5 Å². The van der Waals surface area contributed by atoms with Gasteiger partial charge < -0.3 is 14.2 Å². The van der Waals surface area contributed by atoms with Crippen LogP contribution in [-0.2, 0) is 22.8 Å². The van der Waals surface area contributed by atoms with E-state index in [9.17, 15) is 14.4 Å². The number of benzene rings is 4. The first-order chi connectivity index (χ1) is 20.4. The largest absolute Gasteiger partial charge is 0.493 e. The van der Waals surface area contributed by atoms with Crippen molar-refractivity contribution in [2.45, 2.75) is 20.1 Å². The van der Waals surface area contributed by atoms with Crippen LogP contribution in [0.5, 0.6) is 17.2 Å². The smallest absolute Gasteiger partial charge is 0.335 e. The summed E-state index contributed by atoms with van der Waals surface area (Å²) in [5.41, 5.74) is 2.96. The molecule has 1 heterocycles.